The Morgan fingerprint density at radius 2 is 2.25 bits per heavy atom. The standard InChI is InChI=1S/C13H10Cl2N2O3/c14-10-1-2-12(11(15)5-10)20-8-13(18)17-16-6-9-3-4-19-7-9/h1-7H,8H2,(H,17,18)/b16-6+. The van der Waals surface area contributed by atoms with Crippen LogP contribution in [0.15, 0.2) is 46.3 Å². The summed E-state index contributed by atoms with van der Waals surface area (Å²) < 4.78 is 10.1. The van der Waals surface area contributed by atoms with Gasteiger partial charge in [-0.25, -0.2) is 5.43 Å². The molecule has 7 heteroatoms. The molecule has 2 rings (SSSR count). The maximum absolute atomic E-state index is 11.5. The third kappa shape index (κ3) is 4.29. The number of halogens is 2. The van der Waals surface area contributed by atoms with Gasteiger partial charge in [0.25, 0.3) is 5.91 Å². The van der Waals surface area contributed by atoms with E-state index in [2.05, 4.69) is 10.5 Å². The Kier molecular flexibility index (Phi) is 5.03. The molecule has 0 radical (unpaired) electrons. The fraction of sp³-hybridized carbons (Fsp3) is 0.0769. The van der Waals surface area contributed by atoms with E-state index in [-0.39, 0.29) is 6.61 Å². The van der Waals surface area contributed by atoms with E-state index in [0.717, 1.165) is 5.56 Å². The predicted octanol–water partition coefficient (Wildman–Crippen LogP) is 3.12. The highest BCUT2D eigenvalue weighted by molar-refractivity contribution is 6.35. The molecule has 0 saturated carbocycles. The van der Waals surface area contributed by atoms with Crippen molar-refractivity contribution in [3.8, 4) is 5.75 Å². The highest BCUT2D eigenvalue weighted by atomic mass is 35.5. The number of rotatable bonds is 5. The van der Waals surface area contributed by atoms with Crippen molar-refractivity contribution < 1.29 is 13.9 Å². The zero-order valence-electron chi connectivity index (χ0n) is 10.2. The van der Waals surface area contributed by atoms with Gasteiger partial charge in [0.15, 0.2) is 6.61 Å². The molecule has 0 saturated heterocycles. The number of nitrogens with one attached hydrogen (secondary N) is 1. The molecule has 104 valence electrons. The maximum atomic E-state index is 11.5. The lowest BCUT2D eigenvalue weighted by Crippen LogP contribution is -2.24. The lowest BCUT2D eigenvalue weighted by molar-refractivity contribution is -0.123. The summed E-state index contributed by atoms with van der Waals surface area (Å²) in [4.78, 5) is 11.5. The van der Waals surface area contributed by atoms with Crippen molar-refractivity contribution in [3.63, 3.8) is 0 Å². The molecule has 0 unspecified atom stereocenters. The first-order chi connectivity index (χ1) is 9.65. The third-order valence-corrected chi connectivity index (χ3v) is 2.73. The zero-order chi connectivity index (χ0) is 14.4. The smallest absolute Gasteiger partial charge is 0.277 e. The molecule has 1 heterocycles. The molecule has 5 nitrogen and oxygen atoms in total. The molecule has 20 heavy (non-hydrogen) atoms. The first-order valence-corrected chi connectivity index (χ1v) is 6.32. The first-order valence-electron chi connectivity index (χ1n) is 5.57. The lowest BCUT2D eigenvalue weighted by Gasteiger charge is -2.06. The van der Waals surface area contributed by atoms with Gasteiger partial charge in [-0.3, -0.25) is 4.79 Å². The van der Waals surface area contributed by atoms with Gasteiger partial charge in [0.05, 0.1) is 23.8 Å². The second-order valence-electron chi connectivity index (χ2n) is 3.71. The molecule has 0 bridgehead atoms. The van der Waals surface area contributed by atoms with Crippen LogP contribution in [0.3, 0.4) is 0 Å². The van der Waals surface area contributed by atoms with Crippen molar-refractivity contribution in [2.75, 3.05) is 6.61 Å². The van der Waals surface area contributed by atoms with Crippen LogP contribution in [-0.4, -0.2) is 18.7 Å². The number of hydrogen-bond donors (Lipinski definition) is 1. The summed E-state index contributed by atoms with van der Waals surface area (Å²) >= 11 is 11.7. The van der Waals surface area contributed by atoms with Crippen LogP contribution in [0.1, 0.15) is 5.56 Å². The van der Waals surface area contributed by atoms with Crippen LogP contribution in [0.5, 0.6) is 5.75 Å². The van der Waals surface area contributed by atoms with Crippen LogP contribution in [0, 0.1) is 0 Å². The molecular formula is C13H10Cl2N2O3. The van der Waals surface area contributed by atoms with E-state index in [4.69, 9.17) is 32.4 Å². The van der Waals surface area contributed by atoms with Gasteiger partial charge in [0.2, 0.25) is 0 Å². The molecule has 0 aliphatic rings. The van der Waals surface area contributed by atoms with Crippen LogP contribution >= 0.6 is 23.2 Å². The molecule has 1 amide bonds. The largest absolute Gasteiger partial charge is 0.482 e. The number of benzene rings is 1. The number of amides is 1. The maximum Gasteiger partial charge on any atom is 0.277 e. The van der Waals surface area contributed by atoms with Gasteiger partial charge in [0, 0.05) is 10.6 Å². The van der Waals surface area contributed by atoms with Crippen molar-refractivity contribution in [1.82, 2.24) is 5.43 Å². The second kappa shape index (κ2) is 6.98. The second-order valence-corrected chi connectivity index (χ2v) is 4.56. The normalized spacial score (nSPS) is 10.7. The van der Waals surface area contributed by atoms with Crippen LogP contribution in [0.25, 0.3) is 0 Å². The summed E-state index contributed by atoms with van der Waals surface area (Å²) in [7, 11) is 0. The quantitative estimate of drug-likeness (QED) is 0.681. The van der Waals surface area contributed by atoms with Crippen LogP contribution in [0.2, 0.25) is 10.0 Å². The lowest BCUT2D eigenvalue weighted by atomic mass is 10.3. The molecule has 2 aromatic rings. The SMILES string of the molecule is O=C(COc1ccc(Cl)cc1Cl)N/N=C/c1ccoc1. The van der Waals surface area contributed by atoms with Gasteiger partial charge < -0.3 is 9.15 Å². The summed E-state index contributed by atoms with van der Waals surface area (Å²) in [5.74, 6) is -0.0270. The van der Waals surface area contributed by atoms with Crippen LogP contribution in [-0.2, 0) is 4.79 Å². The van der Waals surface area contributed by atoms with E-state index < -0.39 is 5.91 Å². The Labute approximate surface area is 125 Å². The Morgan fingerprint density at radius 1 is 1.40 bits per heavy atom. The molecule has 0 atom stereocenters. The Morgan fingerprint density at radius 3 is 2.95 bits per heavy atom. The van der Waals surface area contributed by atoms with E-state index >= 15 is 0 Å². The van der Waals surface area contributed by atoms with E-state index in [1.165, 1.54) is 24.8 Å². The number of hydrogen-bond acceptors (Lipinski definition) is 4. The summed E-state index contributed by atoms with van der Waals surface area (Å²) in [6.45, 7) is -0.204. The van der Waals surface area contributed by atoms with Crippen molar-refractivity contribution in [2.45, 2.75) is 0 Å². The molecular weight excluding hydrogens is 303 g/mol. The van der Waals surface area contributed by atoms with Crippen molar-refractivity contribution >= 4 is 35.3 Å². The van der Waals surface area contributed by atoms with Gasteiger partial charge in [-0.2, -0.15) is 5.10 Å². The number of furan rings is 1. The van der Waals surface area contributed by atoms with Crippen LogP contribution < -0.4 is 10.2 Å². The van der Waals surface area contributed by atoms with E-state index in [1.807, 2.05) is 0 Å². The number of nitrogens with zero attached hydrogens (tertiary/aromatic N) is 1. The van der Waals surface area contributed by atoms with Gasteiger partial charge >= 0.3 is 0 Å². The monoisotopic (exact) mass is 312 g/mol. The van der Waals surface area contributed by atoms with Gasteiger partial charge in [-0.15, -0.1) is 0 Å². The fourth-order valence-corrected chi connectivity index (χ4v) is 1.76. The number of carbonyl (C=O) groups is 1. The zero-order valence-corrected chi connectivity index (χ0v) is 11.7. The molecule has 0 aliphatic heterocycles. The van der Waals surface area contributed by atoms with E-state index in [0.29, 0.717) is 15.8 Å². The fourth-order valence-electron chi connectivity index (χ4n) is 1.30. The van der Waals surface area contributed by atoms with Crippen molar-refractivity contribution in [1.29, 1.82) is 0 Å². The summed E-state index contributed by atoms with van der Waals surface area (Å²) in [6.07, 6.45) is 4.46. The first kappa shape index (κ1) is 14.4. The predicted molar refractivity (Wildman–Crippen MR) is 76.4 cm³/mol. The molecule has 1 aromatic carbocycles. The van der Waals surface area contributed by atoms with Gasteiger partial charge in [-0.05, 0) is 24.3 Å². The highest BCUT2D eigenvalue weighted by Crippen LogP contribution is 2.27. The number of carbonyl (C=O) groups excluding carboxylic acids is 1. The van der Waals surface area contributed by atoms with Crippen molar-refractivity contribution in [2.24, 2.45) is 5.10 Å². The van der Waals surface area contributed by atoms with E-state index in [9.17, 15) is 4.79 Å². The topological polar surface area (TPSA) is 63.8 Å². The minimum absolute atomic E-state index is 0.204. The highest BCUT2D eigenvalue weighted by Gasteiger charge is 2.05. The summed E-state index contributed by atoms with van der Waals surface area (Å²) in [5, 5.41) is 4.58. The minimum Gasteiger partial charge on any atom is -0.482 e. The minimum atomic E-state index is -0.407. The third-order valence-electron chi connectivity index (χ3n) is 2.20. The number of ether oxygens (including phenoxy) is 1. The molecule has 0 aliphatic carbocycles. The van der Waals surface area contributed by atoms with Gasteiger partial charge in [0.1, 0.15) is 5.75 Å². The Bertz CT molecular complexity index is 612. The Balaban J connectivity index is 1.80. The van der Waals surface area contributed by atoms with Gasteiger partial charge in [-0.1, -0.05) is 23.2 Å². The van der Waals surface area contributed by atoms with Crippen LogP contribution in [0.4, 0.5) is 0 Å². The molecule has 1 aromatic heterocycles. The van der Waals surface area contributed by atoms with E-state index in [1.54, 1.807) is 18.2 Å². The summed E-state index contributed by atoms with van der Waals surface area (Å²) in [6, 6.07) is 6.46. The average Bonchev–Trinajstić information content (AvgIpc) is 2.91. The average molecular weight is 313 g/mol. The summed E-state index contributed by atoms with van der Waals surface area (Å²) in [5.41, 5.74) is 3.06. The molecule has 0 spiro atoms. The Hall–Kier alpha value is -1.98. The number of hydrazone groups is 1. The molecule has 0 fully saturated rings. The molecule has 1 N–H and O–H groups in total. The van der Waals surface area contributed by atoms with Crippen molar-refractivity contribution in [3.05, 3.63) is 52.4 Å².